The van der Waals surface area contributed by atoms with Crippen molar-refractivity contribution in [1.82, 2.24) is 4.90 Å². The van der Waals surface area contributed by atoms with E-state index in [0.29, 0.717) is 11.8 Å². The van der Waals surface area contributed by atoms with Gasteiger partial charge in [0, 0.05) is 12.8 Å². The lowest BCUT2D eigenvalue weighted by Crippen LogP contribution is -2.48. The van der Waals surface area contributed by atoms with E-state index in [4.69, 9.17) is 9.47 Å². The Labute approximate surface area is 184 Å². The van der Waals surface area contributed by atoms with E-state index >= 15 is 0 Å². The number of nitrogens with zero attached hydrogens (tertiary/aromatic N) is 1. The average Bonchev–Trinajstić information content (AvgIpc) is 2.95. The van der Waals surface area contributed by atoms with Crippen molar-refractivity contribution in [2.45, 2.75) is 91.0 Å². The molecule has 1 fully saturated rings. The molecule has 1 rings (SSSR count). The molecule has 1 unspecified atom stereocenters. The Kier molecular flexibility index (Phi) is 9.07. The minimum absolute atomic E-state index is 0.141. The van der Waals surface area contributed by atoms with Crippen molar-refractivity contribution in [3.05, 3.63) is 0 Å². The zero-order valence-corrected chi connectivity index (χ0v) is 19.2. The summed E-state index contributed by atoms with van der Waals surface area (Å²) in [6.45, 7) is 8.39. The number of alkyl halides is 5. The van der Waals surface area contributed by atoms with Crippen LogP contribution in [0.1, 0.15) is 67.2 Å². The molecule has 32 heavy (non-hydrogen) atoms. The predicted octanol–water partition coefficient (Wildman–Crippen LogP) is 5.34. The van der Waals surface area contributed by atoms with Crippen molar-refractivity contribution in [3.63, 3.8) is 0 Å². The van der Waals surface area contributed by atoms with Gasteiger partial charge in [0.05, 0.1) is 17.9 Å². The van der Waals surface area contributed by atoms with Crippen molar-refractivity contribution in [2.24, 2.45) is 17.8 Å². The third-order valence-electron chi connectivity index (χ3n) is 5.06. The van der Waals surface area contributed by atoms with Crippen LogP contribution in [-0.4, -0.2) is 53.2 Å². The summed E-state index contributed by atoms with van der Waals surface area (Å²) < 4.78 is 76.2. The first kappa shape index (κ1) is 28.1. The minimum Gasteiger partial charge on any atom is -0.460 e. The Bertz CT molecular complexity index is 682. The molecule has 2 amide bonds. The number of carbonyl (C=O) groups is 3. The molecule has 11 heteroatoms. The largest absolute Gasteiger partial charge is 0.460 e. The molecule has 0 aromatic heterocycles. The van der Waals surface area contributed by atoms with Crippen LogP contribution in [0.25, 0.3) is 0 Å². The number of cyclic esters (lactones) is 1. The molecule has 0 bridgehead atoms. The van der Waals surface area contributed by atoms with Gasteiger partial charge >= 0.3 is 18.2 Å². The molecule has 0 aromatic carbocycles. The lowest BCUT2D eigenvalue weighted by Gasteiger charge is -2.32. The third-order valence-corrected chi connectivity index (χ3v) is 5.06. The van der Waals surface area contributed by atoms with Gasteiger partial charge in [-0.05, 0) is 46.5 Å². The van der Waals surface area contributed by atoms with Crippen molar-refractivity contribution >= 4 is 18.0 Å². The highest BCUT2D eigenvalue weighted by Gasteiger charge is 2.47. The van der Waals surface area contributed by atoms with Crippen molar-refractivity contribution in [2.75, 3.05) is 6.61 Å². The zero-order chi connectivity index (χ0) is 25.1. The van der Waals surface area contributed by atoms with Gasteiger partial charge in [-0.1, -0.05) is 13.8 Å². The molecule has 0 spiro atoms. The van der Waals surface area contributed by atoms with Gasteiger partial charge in [0.25, 0.3) is 0 Å². The molecular formula is C21H32F5NO5. The highest BCUT2D eigenvalue weighted by molar-refractivity contribution is 5.96. The maximum atomic E-state index is 13.6. The monoisotopic (exact) mass is 473 g/mol. The molecule has 0 aliphatic carbocycles. The summed E-state index contributed by atoms with van der Waals surface area (Å²) in [5, 5.41) is 0. The van der Waals surface area contributed by atoms with E-state index in [9.17, 15) is 36.3 Å². The molecule has 1 heterocycles. The number of hydrogen-bond donors (Lipinski definition) is 0. The minimum atomic E-state index is -4.66. The van der Waals surface area contributed by atoms with Crippen LogP contribution in [0.15, 0.2) is 0 Å². The Morgan fingerprint density at radius 1 is 1.03 bits per heavy atom. The molecule has 1 saturated heterocycles. The highest BCUT2D eigenvalue weighted by atomic mass is 19.4. The molecule has 0 N–H and O–H groups in total. The molecule has 6 nitrogen and oxygen atoms in total. The van der Waals surface area contributed by atoms with E-state index in [-0.39, 0.29) is 12.5 Å². The van der Waals surface area contributed by atoms with Crippen LogP contribution in [0.5, 0.6) is 0 Å². The second-order valence-corrected chi connectivity index (χ2v) is 9.61. The molecule has 0 radical (unpaired) electrons. The fourth-order valence-corrected chi connectivity index (χ4v) is 3.44. The number of amides is 2. The van der Waals surface area contributed by atoms with E-state index in [1.807, 2.05) is 0 Å². The van der Waals surface area contributed by atoms with Crippen LogP contribution in [-0.2, 0) is 19.1 Å². The fourth-order valence-electron chi connectivity index (χ4n) is 3.44. The summed E-state index contributed by atoms with van der Waals surface area (Å²) in [5.74, 6) is -8.86. The normalized spacial score (nSPS) is 19.7. The number of imide groups is 1. The number of rotatable bonds is 9. The van der Waals surface area contributed by atoms with Gasteiger partial charge in [0.15, 0.2) is 0 Å². The zero-order valence-electron chi connectivity index (χ0n) is 19.2. The van der Waals surface area contributed by atoms with E-state index in [1.165, 1.54) is 20.8 Å². The summed E-state index contributed by atoms with van der Waals surface area (Å²) in [4.78, 5) is 39.0. The number of esters is 1. The molecule has 186 valence electrons. The Balaban J connectivity index is 3.37. The lowest BCUT2D eigenvalue weighted by atomic mass is 9.82. The van der Waals surface area contributed by atoms with E-state index < -0.39 is 79.2 Å². The van der Waals surface area contributed by atoms with E-state index in [1.54, 1.807) is 13.8 Å². The number of ether oxygens (including phenoxy) is 2. The van der Waals surface area contributed by atoms with Gasteiger partial charge < -0.3 is 9.47 Å². The molecule has 1 aliphatic rings. The molecule has 3 atom stereocenters. The maximum absolute atomic E-state index is 13.6. The summed E-state index contributed by atoms with van der Waals surface area (Å²) >= 11 is 0. The van der Waals surface area contributed by atoms with Crippen LogP contribution in [0.2, 0.25) is 0 Å². The summed E-state index contributed by atoms with van der Waals surface area (Å²) in [6.07, 6.45) is -9.40. The summed E-state index contributed by atoms with van der Waals surface area (Å²) in [6, 6.07) is -0.740. The molecule has 1 aliphatic heterocycles. The molecule has 0 saturated carbocycles. The highest BCUT2D eigenvalue weighted by Crippen LogP contribution is 2.36. The summed E-state index contributed by atoms with van der Waals surface area (Å²) in [5.41, 5.74) is -1.06. The van der Waals surface area contributed by atoms with Crippen LogP contribution in [0.4, 0.5) is 26.7 Å². The lowest BCUT2D eigenvalue weighted by molar-refractivity contribution is -0.169. The Hall–Kier alpha value is -1.94. The van der Waals surface area contributed by atoms with E-state index in [0.717, 1.165) is 0 Å². The van der Waals surface area contributed by atoms with Gasteiger partial charge in [0.2, 0.25) is 11.8 Å². The molecular weight excluding hydrogens is 441 g/mol. The number of halogens is 5. The van der Waals surface area contributed by atoms with Crippen LogP contribution in [0, 0.1) is 17.8 Å². The van der Waals surface area contributed by atoms with Crippen molar-refractivity contribution < 1.29 is 45.8 Å². The van der Waals surface area contributed by atoms with Crippen LogP contribution >= 0.6 is 0 Å². The number of carbonyl (C=O) groups excluding carboxylic acids is 3. The van der Waals surface area contributed by atoms with Gasteiger partial charge in [0.1, 0.15) is 12.2 Å². The first-order valence-electron chi connectivity index (χ1n) is 10.5. The molecule has 0 aromatic rings. The second kappa shape index (κ2) is 10.3. The number of hydrogen-bond acceptors (Lipinski definition) is 5. The van der Waals surface area contributed by atoms with Crippen molar-refractivity contribution in [3.8, 4) is 0 Å². The van der Waals surface area contributed by atoms with Gasteiger partial charge in [-0.3, -0.25) is 9.59 Å². The first-order chi connectivity index (χ1) is 14.3. The SMILES string of the molecule is CC(C)[C@H]1COC(=O)N1C(=O)[C@H](CCC(F)(F)F)C(CCC(C)(F)F)C(=O)OC(C)(C)C. The van der Waals surface area contributed by atoms with E-state index in [2.05, 4.69) is 0 Å². The standard InChI is InChI=1S/C21H32F5NO5/c1-12(2)15-11-31-18(30)27(15)16(28)13(8-10-21(24,25)26)14(7-9-20(6,22)23)17(29)32-19(3,4)5/h12-15H,7-11H2,1-6H3/t13-,14?,15-/m1/s1. The van der Waals surface area contributed by atoms with Gasteiger partial charge in [-0.2, -0.15) is 13.2 Å². The summed E-state index contributed by atoms with van der Waals surface area (Å²) in [7, 11) is 0. The van der Waals surface area contributed by atoms with Crippen molar-refractivity contribution in [1.29, 1.82) is 0 Å². The van der Waals surface area contributed by atoms with Gasteiger partial charge in [-0.25, -0.2) is 18.5 Å². The predicted molar refractivity (Wildman–Crippen MR) is 105 cm³/mol. The average molecular weight is 473 g/mol. The maximum Gasteiger partial charge on any atom is 0.416 e. The second-order valence-electron chi connectivity index (χ2n) is 9.61. The smallest absolute Gasteiger partial charge is 0.416 e. The third kappa shape index (κ3) is 8.90. The quantitative estimate of drug-likeness (QED) is 0.334. The topological polar surface area (TPSA) is 72.9 Å². The fraction of sp³-hybridized carbons (Fsp3) is 0.857. The Morgan fingerprint density at radius 3 is 2.00 bits per heavy atom. The first-order valence-corrected chi connectivity index (χ1v) is 10.5. The van der Waals surface area contributed by atoms with Crippen LogP contribution in [0.3, 0.4) is 0 Å². The Morgan fingerprint density at radius 2 is 1.56 bits per heavy atom. The van der Waals surface area contributed by atoms with Crippen LogP contribution < -0.4 is 0 Å². The van der Waals surface area contributed by atoms with Gasteiger partial charge in [-0.15, -0.1) is 0 Å².